The first-order chi connectivity index (χ1) is 11.5. The van der Waals surface area contributed by atoms with Gasteiger partial charge < -0.3 is 15.4 Å². The van der Waals surface area contributed by atoms with E-state index in [1.807, 2.05) is 20.2 Å². The van der Waals surface area contributed by atoms with Crippen molar-refractivity contribution in [3.63, 3.8) is 0 Å². The number of anilines is 2. The minimum absolute atomic E-state index is 0.221. The molecular weight excluding hydrogens is 304 g/mol. The SMILES string of the molecule is C=C(/C=N\N(C)C)c1cnn2c(Nc3ccc(O)cc3)ccnc12. The van der Waals surface area contributed by atoms with Crippen LogP contribution in [0.15, 0.2) is 54.4 Å². The molecule has 0 unspecified atom stereocenters. The lowest BCUT2D eigenvalue weighted by molar-refractivity contribution is 0.441. The summed E-state index contributed by atoms with van der Waals surface area (Å²) >= 11 is 0. The fraction of sp³-hybridized carbons (Fsp3) is 0.118. The lowest BCUT2D eigenvalue weighted by Crippen LogP contribution is -2.02. The highest BCUT2D eigenvalue weighted by Crippen LogP contribution is 2.22. The maximum absolute atomic E-state index is 9.37. The third kappa shape index (κ3) is 3.19. The Labute approximate surface area is 139 Å². The monoisotopic (exact) mass is 322 g/mol. The number of aromatic hydroxyl groups is 1. The van der Waals surface area contributed by atoms with Gasteiger partial charge in [-0.05, 0) is 35.9 Å². The predicted molar refractivity (Wildman–Crippen MR) is 95.6 cm³/mol. The van der Waals surface area contributed by atoms with Gasteiger partial charge in [-0.25, -0.2) is 4.98 Å². The molecule has 0 aliphatic carbocycles. The van der Waals surface area contributed by atoms with Gasteiger partial charge in [-0.15, -0.1) is 0 Å². The maximum atomic E-state index is 9.37. The van der Waals surface area contributed by atoms with Gasteiger partial charge in [-0.3, -0.25) is 0 Å². The van der Waals surface area contributed by atoms with E-state index in [4.69, 9.17) is 0 Å². The van der Waals surface area contributed by atoms with Crippen molar-refractivity contribution < 1.29 is 5.11 Å². The summed E-state index contributed by atoms with van der Waals surface area (Å²) < 4.78 is 1.71. The van der Waals surface area contributed by atoms with Crippen molar-refractivity contribution >= 4 is 28.9 Å². The summed E-state index contributed by atoms with van der Waals surface area (Å²) in [7, 11) is 3.69. The lowest BCUT2D eigenvalue weighted by atomic mass is 10.2. The maximum Gasteiger partial charge on any atom is 0.165 e. The van der Waals surface area contributed by atoms with E-state index in [9.17, 15) is 5.11 Å². The van der Waals surface area contributed by atoms with Crippen molar-refractivity contribution in [1.82, 2.24) is 19.6 Å². The van der Waals surface area contributed by atoms with Crippen LogP contribution >= 0.6 is 0 Å². The predicted octanol–water partition coefficient (Wildman–Crippen LogP) is 2.74. The van der Waals surface area contributed by atoms with Crippen molar-refractivity contribution in [2.24, 2.45) is 5.10 Å². The fourth-order valence-corrected chi connectivity index (χ4v) is 2.16. The Hall–Kier alpha value is -3.35. The van der Waals surface area contributed by atoms with E-state index in [1.165, 1.54) is 0 Å². The van der Waals surface area contributed by atoms with Gasteiger partial charge in [0.05, 0.1) is 12.4 Å². The third-order valence-corrected chi connectivity index (χ3v) is 3.33. The molecule has 0 aliphatic rings. The Morgan fingerprint density at radius 3 is 2.75 bits per heavy atom. The van der Waals surface area contributed by atoms with Crippen LogP contribution in [0.3, 0.4) is 0 Å². The molecule has 122 valence electrons. The van der Waals surface area contributed by atoms with E-state index in [1.54, 1.807) is 52.4 Å². The first-order valence-electron chi connectivity index (χ1n) is 7.34. The molecule has 3 rings (SSSR count). The van der Waals surface area contributed by atoms with E-state index >= 15 is 0 Å². The highest BCUT2D eigenvalue weighted by Gasteiger charge is 2.10. The molecule has 7 heteroatoms. The number of rotatable bonds is 5. The smallest absolute Gasteiger partial charge is 0.165 e. The van der Waals surface area contributed by atoms with Crippen LogP contribution in [0, 0.1) is 0 Å². The fourth-order valence-electron chi connectivity index (χ4n) is 2.16. The van der Waals surface area contributed by atoms with Crippen molar-refractivity contribution in [2.75, 3.05) is 19.4 Å². The zero-order valence-corrected chi connectivity index (χ0v) is 13.5. The topological polar surface area (TPSA) is 78.1 Å². The van der Waals surface area contributed by atoms with Gasteiger partial charge in [0.15, 0.2) is 5.65 Å². The third-order valence-electron chi connectivity index (χ3n) is 3.33. The Morgan fingerprint density at radius 1 is 1.29 bits per heavy atom. The van der Waals surface area contributed by atoms with Gasteiger partial charge >= 0.3 is 0 Å². The number of allylic oxidation sites excluding steroid dienone is 1. The molecule has 2 heterocycles. The minimum atomic E-state index is 0.221. The van der Waals surface area contributed by atoms with Gasteiger partial charge in [-0.1, -0.05) is 6.58 Å². The lowest BCUT2D eigenvalue weighted by Gasteiger charge is -2.08. The Balaban J connectivity index is 1.94. The Kier molecular flexibility index (Phi) is 4.15. The van der Waals surface area contributed by atoms with Crippen LogP contribution in [-0.4, -0.2) is 45.0 Å². The van der Waals surface area contributed by atoms with E-state index in [2.05, 4.69) is 27.1 Å². The van der Waals surface area contributed by atoms with Crippen LogP contribution in [0.4, 0.5) is 11.5 Å². The summed E-state index contributed by atoms with van der Waals surface area (Å²) in [6.07, 6.45) is 5.10. The second-order valence-corrected chi connectivity index (χ2v) is 5.41. The first-order valence-corrected chi connectivity index (χ1v) is 7.34. The number of aromatic nitrogens is 3. The molecule has 0 fully saturated rings. The quantitative estimate of drug-likeness (QED) is 0.429. The second kappa shape index (κ2) is 6.41. The molecule has 3 aromatic rings. The van der Waals surface area contributed by atoms with Crippen LogP contribution in [0.5, 0.6) is 5.75 Å². The number of benzene rings is 1. The zero-order valence-electron chi connectivity index (χ0n) is 13.5. The van der Waals surface area contributed by atoms with E-state index < -0.39 is 0 Å². The molecule has 0 radical (unpaired) electrons. The average Bonchev–Trinajstić information content (AvgIpc) is 3.00. The molecule has 2 N–H and O–H groups in total. The summed E-state index contributed by atoms with van der Waals surface area (Å²) in [4.78, 5) is 4.39. The molecule has 0 saturated carbocycles. The minimum Gasteiger partial charge on any atom is -0.508 e. The standard InChI is InChI=1S/C17H18N6O/c1-12(10-19-22(2)3)15-11-20-23-16(8-9-18-17(15)23)21-13-4-6-14(24)7-5-13/h4-11,21,24H,1H2,2-3H3/b19-10-. The van der Waals surface area contributed by atoms with Crippen molar-refractivity contribution in [1.29, 1.82) is 0 Å². The summed E-state index contributed by atoms with van der Waals surface area (Å²) in [5, 5.41) is 22.9. The molecular formula is C17H18N6O. The van der Waals surface area contributed by atoms with Crippen molar-refractivity contribution in [3.05, 3.63) is 54.9 Å². The van der Waals surface area contributed by atoms with E-state index in [0.717, 1.165) is 22.6 Å². The van der Waals surface area contributed by atoms with Gasteiger partial charge in [-0.2, -0.15) is 14.7 Å². The number of nitrogens with zero attached hydrogens (tertiary/aromatic N) is 5. The average molecular weight is 322 g/mol. The number of hydrogen-bond donors (Lipinski definition) is 2. The molecule has 24 heavy (non-hydrogen) atoms. The van der Waals surface area contributed by atoms with Gasteiger partial charge in [0, 0.05) is 31.5 Å². The van der Waals surface area contributed by atoms with Crippen LogP contribution in [0.2, 0.25) is 0 Å². The van der Waals surface area contributed by atoms with Crippen LogP contribution in [0.25, 0.3) is 11.2 Å². The molecule has 0 amide bonds. The Morgan fingerprint density at radius 2 is 2.04 bits per heavy atom. The number of phenols is 1. The number of fused-ring (bicyclic) bond motifs is 1. The summed E-state index contributed by atoms with van der Waals surface area (Å²) in [6, 6.07) is 8.64. The molecule has 0 aliphatic heterocycles. The highest BCUT2D eigenvalue weighted by atomic mass is 16.3. The van der Waals surface area contributed by atoms with Crippen molar-refractivity contribution in [3.8, 4) is 5.75 Å². The molecule has 0 spiro atoms. The number of hydrogen-bond acceptors (Lipinski definition) is 6. The molecule has 0 atom stereocenters. The number of phenolic OH excluding ortho intramolecular Hbond substituents is 1. The van der Waals surface area contributed by atoms with E-state index in [0.29, 0.717) is 5.65 Å². The summed E-state index contributed by atoms with van der Waals surface area (Å²) in [6.45, 7) is 4.03. The zero-order chi connectivity index (χ0) is 17.1. The number of hydrazone groups is 1. The van der Waals surface area contributed by atoms with Crippen molar-refractivity contribution in [2.45, 2.75) is 0 Å². The van der Waals surface area contributed by atoms with Gasteiger partial charge in [0.25, 0.3) is 0 Å². The molecule has 0 bridgehead atoms. The Bertz CT molecular complexity index is 895. The van der Waals surface area contributed by atoms with Gasteiger partial charge in [0.1, 0.15) is 11.6 Å². The van der Waals surface area contributed by atoms with E-state index in [-0.39, 0.29) is 5.75 Å². The second-order valence-electron chi connectivity index (χ2n) is 5.41. The molecule has 2 aromatic heterocycles. The van der Waals surface area contributed by atoms with Crippen LogP contribution in [0.1, 0.15) is 5.56 Å². The summed E-state index contributed by atoms with van der Waals surface area (Å²) in [5.41, 5.74) is 3.07. The first kappa shape index (κ1) is 15.5. The molecule has 7 nitrogen and oxygen atoms in total. The van der Waals surface area contributed by atoms with Crippen LogP contribution in [-0.2, 0) is 0 Å². The van der Waals surface area contributed by atoms with Crippen LogP contribution < -0.4 is 5.32 Å². The van der Waals surface area contributed by atoms with Gasteiger partial charge in [0.2, 0.25) is 0 Å². The number of nitrogens with one attached hydrogen (secondary N) is 1. The largest absolute Gasteiger partial charge is 0.508 e. The molecule has 0 saturated heterocycles. The normalized spacial score (nSPS) is 11.1. The summed E-state index contributed by atoms with van der Waals surface area (Å²) in [5.74, 6) is 0.979. The molecule has 1 aromatic carbocycles. The highest BCUT2D eigenvalue weighted by molar-refractivity contribution is 6.10.